The van der Waals surface area contributed by atoms with Crippen molar-refractivity contribution < 1.29 is 22.4 Å². The fraction of sp³-hybridized carbons (Fsp3) is 0.400. The van der Waals surface area contributed by atoms with E-state index >= 15 is 0 Å². The number of thiophene rings is 1. The minimum atomic E-state index is -3.60. The van der Waals surface area contributed by atoms with E-state index in [0.717, 1.165) is 21.4 Å². The quantitative estimate of drug-likeness (QED) is 0.641. The van der Waals surface area contributed by atoms with Gasteiger partial charge in [0.05, 0.1) is 12.8 Å². The summed E-state index contributed by atoms with van der Waals surface area (Å²) in [6.07, 6.45) is 2.22. The maximum absolute atomic E-state index is 12.2. The highest BCUT2D eigenvalue weighted by molar-refractivity contribution is 7.91. The first-order valence-corrected chi connectivity index (χ1v) is 9.69. The summed E-state index contributed by atoms with van der Waals surface area (Å²) in [5, 5.41) is 4.36. The van der Waals surface area contributed by atoms with E-state index in [1.165, 1.54) is 13.1 Å². The van der Waals surface area contributed by atoms with Crippen molar-refractivity contribution >= 4 is 27.3 Å². The lowest BCUT2D eigenvalue weighted by Gasteiger charge is -2.15. The highest BCUT2D eigenvalue weighted by atomic mass is 32.2. The Morgan fingerprint density at radius 3 is 2.88 bits per heavy atom. The molecule has 9 heteroatoms. The lowest BCUT2D eigenvalue weighted by Crippen LogP contribution is -2.38. The molecule has 7 nitrogen and oxygen atoms in total. The first kappa shape index (κ1) is 18.7. The molecule has 2 rings (SSSR count). The van der Waals surface area contributed by atoms with Gasteiger partial charge in [0.2, 0.25) is 5.91 Å². The molecule has 0 aliphatic rings. The molecule has 1 amide bonds. The minimum Gasteiger partial charge on any atom is -0.467 e. The maximum Gasteiger partial charge on any atom is 0.252 e. The van der Waals surface area contributed by atoms with Gasteiger partial charge in [-0.3, -0.25) is 4.79 Å². The van der Waals surface area contributed by atoms with Gasteiger partial charge in [0.15, 0.2) is 0 Å². The van der Waals surface area contributed by atoms with Crippen LogP contribution in [0.25, 0.3) is 0 Å². The molecular formula is C15H20N2O5S2. The molecule has 0 aromatic carbocycles. The van der Waals surface area contributed by atoms with Crippen molar-refractivity contribution in [3.8, 4) is 0 Å². The molecule has 24 heavy (non-hydrogen) atoms. The van der Waals surface area contributed by atoms with Gasteiger partial charge in [-0.25, -0.2) is 8.42 Å². The number of rotatable bonds is 10. The number of likely N-dealkylation sites (N-methyl/N-ethyl adjacent to an activating group) is 1. The smallest absolute Gasteiger partial charge is 0.252 e. The number of carbonyl (C=O) groups is 1. The van der Waals surface area contributed by atoms with Gasteiger partial charge >= 0.3 is 0 Å². The lowest BCUT2D eigenvalue weighted by atomic mass is 10.4. The van der Waals surface area contributed by atoms with Gasteiger partial charge in [-0.15, -0.1) is 11.3 Å². The summed E-state index contributed by atoms with van der Waals surface area (Å²) < 4.78 is 36.2. The van der Waals surface area contributed by atoms with Crippen LogP contribution >= 0.6 is 11.3 Å². The molecule has 2 aromatic rings. The molecule has 0 atom stereocenters. The average molecular weight is 372 g/mol. The molecule has 132 valence electrons. The topological polar surface area (TPSA) is 88.8 Å². The van der Waals surface area contributed by atoms with Crippen molar-refractivity contribution in [3.63, 3.8) is 0 Å². The van der Waals surface area contributed by atoms with Crippen LogP contribution in [0.3, 0.4) is 0 Å². The first-order valence-electron chi connectivity index (χ1n) is 7.37. The zero-order valence-corrected chi connectivity index (χ0v) is 14.9. The molecule has 0 radical (unpaired) electrons. The summed E-state index contributed by atoms with van der Waals surface area (Å²) in [7, 11) is -2.21. The van der Waals surface area contributed by atoms with Gasteiger partial charge in [-0.2, -0.15) is 4.31 Å². The zero-order valence-electron chi connectivity index (χ0n) is 13.3. The molecule has 0 saturated carbocycles. The number of furan rings is 1. The maximum atomic E-state index is 12.2. The van der Waals surface area contributed by atoms with E-state index in [0.29, 0.717) is 26.2 Å². The molecule has 2 aromatic heterocycles. The van der Waals surface area contributed by atoms with Crippen LogP contribution in [-0.2, 0) is 26.2 Å². The summed E-state index contributed by atoms with van der Waals surface area (Å²) >= 11 is 1.13. The molecular weight excluding hydrogens is 352 g/mol. The third-order valence-corrected chi connectivity index (χ3v) is 6.31. The van der Waals surface area contributed by atoms with Crippen molar-refractivity contribution in [2.24, 2.45) is 0 Å². The van der Waals surface area contributed by atoms with Gasteiger partial charge in [0, 0.05) is 20.2 Å². The number of hydrogen-bond acceptors (Lipinski definition) is 6. The summed E-state index contributed by atoms with van der Waals surface area (Å²) in [4.78, 5) is 11.8. The molecule has 0 unspecified atom stereocenters. The monoisotopic (exact) mass is 372 g/mol. The Morgan fingerprint density at radius 1 is 1.38 bits per heavy atom. The number of ether oxygens (including phenoxy) is 1. The van der Waals surface area contributed by atoms with Crippen LogP contribution in [0.15, 0.2) is 44.5 Å². The SMILES string of the molecule is CN(CC(=O)NCCCOCc1ccco1)S(=O)(=O)c1cccs1. The second-order valence-electron chi connectivity index (χ2n) is 5.03. The minimum absolute atomic E-state index is 0.215. The van der Waals surface area contributed by atoms with Crippen LogP contribution in [0.5, 0.6) is 0 Å². The van der Waals surface area contributed by atoms with Gasteiger partial charge in [-0.1, -0.05) is 6.07 Å². The molecule has 0 bridgehead atoms. The Labute approximate surface area is 145 Å². The summed E-state index contributed by atoms with van der Waals surface area (Å²) in [5.74, 6) is 0.406. The van der Waals surface area contributed by atoms with Gasteiger partial charge < -0.3 is 14.5 Å². The summed E-state index contributed by atoms with van der Waals surface area (Å²) in [5.41, 5.74) is 0. The van der Waals surface area contributed by atoms with E-state index in [1.807, 2.05) is 6.07 Å². The predicted molar refractivity (Wildman–Crippen MR) is 90.1 cm³/mol. The van der Waals surface area contributed by atoms with Crippen LogP contribution in [-0.4, -0.2) is 45.4 Å². The Bertz CT molecular complexity index is 711. The fourth-order valence-electron chi connectivity index (χ4n) is 1.88. The molecule has 1 N–H and O–H groups in total. The number of hydrogen-bond donors (Lipinski definition) is 1. The lowest BCUT2D eigenvalue weighted by molar-refractivity contribution is -0.121. The van der Waals surface area contributed by atoms with Crippen molar-refractivity contribution in [1.82, 2.24) is 9.62 Å². The van der Waals surface area contributed by atoms with E-state index < -0.39 is 10.0 Å². The Hall–Kier alpha value is -1.68. The average Bonchev–Trinajstić information content (AvgIpc) is 3.23. The van der Waals surface area contributed by atoms with Crippen molar-refractivity contribution in [2.75, 3.05) is 26.7 Å². The van der Waals surface area contributed by atoms with E-state index in [2.05, 4.69) is 5.32 Å². The largest absolute Gasteiger partial charge is 0.467 e. The number of amides is 1. The van der Waals surface area contributed by atoms with Crippen LogP contribution in [0.4, 0.5) is 0 Å². The highest BCUT2D eigenvalue weighted by Gasteiger charge is 2.23. The Morgan fingerprint density at radius 2 is 2.21 bits per heavy atom. The first-order chi connectivity index (χ1) is 11.5. The molecule has 0 fully saturated rings. The highest BCUT2D eigenvalue weighted by Crippen LogP contribution is 2.19. The second-order valence-corrected chi connectivity index (χ2v) is 8.25. The van der Waals surface area contributed by atoms with E-state index in [-0.39, 0.29) is 16.7 Å². The zero-order chi connectivity index (χ0) is 17.4. The third kappa shape index (κ3) is 5.45. The molecule has 0 aliphatic carbocycles. The van der Waals surface area contributed by atoms with Gasteiger partial charge in [0.25, 0.3) is 10.0 Å². The van der Waals surface area contributed by atoms with Gasteiger partial charge in [-0.05, 0) is 30.0 Å². The Balaban J connectivity index is 1.62. The summed E-state index contributed by atoms with van der Waals surface area (Å²) in [6.45, 7) is 1.07. The predicted octanol–water partition coefficient (Wildman–Crippen LogP) is 1.68. The van der Waals surface area contributed by atoms with Crippen LogP contribution in [0.1, 0.15) is 12.2 Å². The van der Waals surface area contributed by atoms with Crippen molar-refractivity contribution in [1.29, 1.82) is 0 Å². The molecule has 0 aliphatic heterocycles. The third-order valence-electron chi connectivity index (χ3n) is 3.14. The molecule has 0 saturated heterocycles. The van der Waals surface area contributed by atoms with Crippen LogP contribution in [0, 0.1) is 0 Å². The Kier molecular flexibility index (Phi) is 6.98. The number of nitrogens with one attached hydrogen (secondary N) is 1. The van der Waals surface area contributed by atoms with E-state index in [1.54, 1.807) is 23.8 Å². The van der Waals surface area contributed by atoms with Crippen molar-refractivity contribution in [2.45, 2.75) is 17.2 Å². The van der Waals surface area contributed by atoms with Crippen LogP contribution in [0.2, 0.25) is 0 Å². The second kappa shape index (κ2) is 8.97. The molecule has 2 heterocycles. The number of nitrogens with zero attached hydrogens (tertiary/aromatic N) is 1. The van der Waals surface area contributed by atoms with Gasteiger partial charge in [0.1, 0.15) is 16.6 Å². The van der Waals surface area contributed by atoms with E-state index in [9.17, 15) is 13.2 Å². The van der Waals surface area contributed by atoms with E-state index in [4.69, 9.17) is 9.15 Å². The van der Waals surface area contributed by atoms with Crippen molar-refractivity contribution in [3.05, 3.63) is 41.7 Å². The molecule has 0 spiro atoms. The summed E-state index contributed by atoms with van der Waals surface area (Å²) in [6, 6.07) is 6.80. The van der Waals surface area contributed by atoms with Crippen LogP contribution < -0.4 is 5.32 Å². The normalized spacial score (nSPS) is 11.8. The number of sulfonamides is 1. The fourth-order valence-corrected chi connectivity index (χ4v) is 4.20. The number of carbonyl (C=O) groups excluding carboxylic acids is 1. The standard InChI is InChI=1S/C15H20N2O5S2/c1-17(24(19,20)15-6-3-10-23-15)11-14(18)16-7-4-8-21-12-13-5-2-9-22-13/h2-3,5-6,9-10H,4,7-8,11-12H2,1H3,(H,16,18).